The summed E-state index contributed by atoms with van der Waals surface area (Å²) in [7, 11) is -3.13. The Labute approximate surface area is 123 Å². The van der Waals surface area contributed by atoms with E-state index in [1.165, 1.54) is 23.1 Å². The van der Waals surface area contributed by atoms with E-state index in [2.05, 4.69) is 0 Å². The molecule has 1 atom stereocenters. The van der Waals surface area contributed by atoms with Gasteiger partial charge in [-0.2, -0.15) is 0 Å². The first-order valence-electron chi connectivity index (χ1n) is 6.90. The fraction of sp³-hybridized carbons (Fsp3) is 0.500. The van der Waals surface area contributed by atoms with Crippen molar-refractivity contribution >= 4 is 21.4 Å². The summed E-state index contributed by atoms with van der Waals surface area (Å²) >= 11 is 0. The molecule has 1 aromatic rings. The summed E-state index contributed by atoms with van der Waals surface area (Å²) in [6, 6.07) is 5.74. The van der Waals surface area contributed by atoms with Crippen LogP contribution in [0.1, 0.15) is 12.8 Å². The molecular formula is C14H19FN2O3S. The average molecular weight is 314 g/mol. The molecule has 1 unspecified atom stereocenters. The van der Waals surface area contributed by atoms with Crippen LogP contribution in [-0.4, -0.2) is 38.9 Å². The number of sulfone groups is 1. The first kappa shape index (κ1) is 15.9. The molecule has 7 heteroatoms. The van der Waals surface area contributed by atoms with E-state index >= 15 is 0 Å². The molecular weight excluding hydrogens is 295 g/mol. The van der Waals surface area contributed by atoms with Crippen molar-refractivity contribution in [2.45, 2.75) is 12.8 Å². The average Bonchev–Trinajstić information content (AvgIpc) is 2.79. The van der Waals surface area contributed by atoms with E-state index in [4.69, 9.17) is 5.73 Å². The summed E-state index contributed by atoms with van der Waals surface area (Å²) in [6.45, 7) is 0.761. The van der Waals surface area contributed by atoms with E-state index in [1.54, 1.807) is 6.07 Å². The molecule has 21 heavy (non-hydrogen) atoms. The molecule has 0 spiro atoms. The van der Waals surface area contributed by atoms with Gasteiger partial charge >= 0.3 is 0 Å². The Morgan fingerprint density at radius 2 is 2.19 bits per heavy atom. The van der Waals surface area contributed by atoms with Crippen LogP contribution in [0.25, 0.3) is 0 Å². The second-order valence-electron chi connectivity index (χ2n) is 5.21. The third-order valence-corrected chi connectivity index (χ3v) is 5.32. The predicted molar refractivity (Wildman–Crippen MR) is 79.2 cm³/mol. The third kappa shape index (κ3) is 4.01. The van der Waals surface area contributed by atoms with Crippen molar-refractivity contribution < 1.29 is 17.6 Å². The van der Waals surface area contributed by atoms with Crippen LogP contribution in [0.4, 0.5) is 10.1 Å². The molecule has 2 N–H and O–H groups in total. The van der Waals surface area contributed by atoms with Gasteiger partial charge in [-0.15, -0.1) is 0 Å². The van der Waals surface area contributed by atoms with Crippen molar-refractivity contribution in [2.75, 3.05) is 29.5 Å². The minimum atomic E-state index is -3.13. The van der Waals surface area contributed by atoms with Crippen molar-refractivity contribution in [3.05, 3.63) is 30.1 Å². The quantitative estimate of drug-likeness (QED) is 0.877. The van der Waals surface area contributed by atoms with Crippen molar-refractivity contribution in [3.8, 4) is 0 Å². The molecule has 1 aliphatic rings. The number of carbonyl (C=O) groups is 1. The van der Waals surface area contributed by atoms with E-state index in [1.807, 2.05) is 0 Å². The molecule has 116 valence electrons. The minimum Gasteiger partial charge on any atom is -0.330 e. The monoisotopic (exact) mass is 314 g/mol. The highest BCUT2D eigenvalue weighted by Gasteiger charge is 2.35. The lowest BCUT2D eigenvalue weighted by atomic mass is 10.1. The molecule has 0 aromatic heterocycles. The number of halogens is 1. The van der Waals surface area contributed by atoms with Crippen molar-refractivity contribution in [1.82, 2.24) is 0 Å². The largest absolute Gasteiger partial charge is 0.330 e. The number of nitrogens with zero attached hydrogens (tertiary/aromatic N) is 1. The van der Waals surface area contributed by atoms with Crippen LogP contribution in [0.15, 0.2) is 24.3 Å². The Balaban J connectivity index is 2.21. The van der Waals surface area contributed by atoms with Crippen molar-refractivity contribution in [2.24, 2.45) is 11.7 Å². The van der Waals surface area contributed by atoms with E-state index in [9.17, 15) is 17.6 Å². The smallest absolute Gasteiger partial charge is 0.231 e. The molecule has 0 aliphatic carbocycles. The zero-order chi connectivity index (χ0) is 15.5. The molecule has 0 bridgehead atoms. The molecule has 0 radical (unpaired) electrons. The molecule has 2 rings (SSSR count). The Kier molecular flexibility index (Phi) is 4.95. The zero-order valence-electron chi connectivity index (χ0n) is 11.7. The SMILES string of the molecule is NCCCN(C(=O)C1CCS(=O)(=O)C1)c1cccc(F)c1. The van der Waals surface area contributed by atoms with Crippen LogP contribution in [0.5, 0.6) is 0 Å². The minimum absolute atomic E-state index is 0.0390. The molecule has 1 saturated heterocycles. The van der Waals surface area contributed by atoms with Gasteiger partial charge in [0.15, 0.2) is 9.84 Å². The Bertz CT molecular complexity index is 618. The van der Waals surface area contributed by atoms with E-state index < -0.39 is 21.6 Å². The lowest BCUT2D eigenvalue weighted by molar-refractivity contribution is -0.121. The lowest BCUT2D eigenvalue weighted by Gasteiger charge is -2.25. The maximum Gasteiger partial charge on any atom is 0.231 e. The predicted octanol–water partition coefficient (Wildman–Crippen LogP) is 0.942. The number of nitrogens with two attached hydrogens (primary N) is 1. The molecule has 0 saturated carbocycles. The van der Waals surface area contributed by atoms with Gasteiger partial charge < -0.3 is 10.6 Å². The highest BCUT2D eigenvalue weighted by Crippen LogP contribution is 2.24. The first-order valence-corrected chi connectivity index (χ1v) is 8.72. The summed E-state index contributed by atoms with van der Waals surface area (Å²) in [4.78, 5) is 14.0. The van der Waals surface area contributed by atoms with Crippen LogP contribution in [0.2, 0.25) is 0 Å². The summed E-state index contributed by atoms with van der Waals surface area (Å²) < 4.78 is 36.4. The van der Waals surface area contributed by atoms with Crippen molar-refractivity contribution in [3.63, 3.8) is 0 Å². The summed E-state index contributed by atoms with van der Waals surface area (Å²) in [5.41, 5.74) is 5.92. The molecule has 5 nitrogen and oxygen atoms in total. The summed E-state index contributed by atoms with van der Waals surface area (Å²) in [5, 5.41) is 0. The number of carbonyl (C=O) groups excluding carboxylic acids is 1. The Morgan fingerprint density at radius 1 is 1.43 bits per heavy atom. The number of amides is 1. The molecule has 1 aromatic carbocycles. The fourth-order valence-electron chi connectivity index (χ4n) is 2.47. The normalized spacial score (nSPS) is 20.4. The number of benzene rings is 1. The summed E-state index contributed by atoms with van der Waals surface area (Å²) in [5.74, 6) is -1.33. The summed E-state index contributed by atoms with van der Waals surface area (Å²) in [6.07, 6.45) is 0.900. The highest BCUT2D eigenvalue weighted by atomic mass is 32.2. The number of rotatable bonds is 5. The van der Waals surface area contributed by atoms with Crippen LogP contribution in [-0.2, 0) is 14.6 Å². The molecule has 1 fully saturated rings. The van der Waals surface area contributed by atoms with Gasteiger partial charge in [-0.1, -0.05) is 6.07 Å². The van der Waals surface area contributed by atoms with Gasteiger partial charge in [-0.05, 0) is 37.6 Å². The molecule has 1 amide bonds. The Hall–Kier alpha value is -1.47. The second kappa shape index (κ2) is 6.53. The topological polar surface area (TPSA) is 80.5 Å². The third-order valence-electron chi connectivity index (χ3n) is 3.55. The highest BCUT2D eigenvalue weighted by molar-refractivity contribution is 7.91. The maximum atomic E-state index is 13.4. The van der Waals surface area contributed by atoms with Gasteiger partial charge in [0.2, 0.25) is 5.91 Å². The maximum absolute atomic E-state index is 13.4. The van der Waals surface area contributed by atoms with Gasteiger partial charge in [-0.3, -0.25) is 4.79 Å². The molecule has 1 aliphatic heterocycles. The van der Waals surface area contributed by atoms with E-state index in [-0.39, 0.29) is 17.4 Å². The van der Waals surface area contributed by atoms with Gasteiger partial charge in [0, 0.05) is 12.2 Å². The number of hydrogen-bond donors (Lipinski definition) is 1. The van der Waals surface area contributed by atoms with Crippen LogP contribution < -0.4 is 10.6 Å². The van der Waals surface area contributed by atoms with Gasteiger partial charge in [0.1, 0.15) is 5.82 Å². The van der Waals surface area contributed by atoms with Crippen molar-refractivity contribution in [1.29, 1.82) is 0 Å². The Morgan fingerprint density at radius 3 is 2.76 bits per heavy atom. The van der Waals surface area contributed by atoms with Crippen LogP contribution in [0.3, 0.4) is 0 Å². The number of anilines is 1. The number of hydrogen-bond acceptors (Lipinski definition) is 4. The van der Waals surface area contributed by atoms with Crippen LogP contribution >= 0.6 is 0 Å². The lowest BCUT2D eigenvalue weighted by Crippen LogP contribution is -2.38. The zero-order valence-corrected chi connectivity index (χ0v) is 12.5. The standard InChI is InChI=1S/C14H19FN2O3S/c15-12-3-1-4-13(9-12)17(7-2-6-16)14(18)11-5-8-21(19,20)10-11/h1,3-4,9,11H,2,5-8,10,16H2. The second-order valence-corrected chi connectivity index (χ2v) is 7.44. The van der Waals surface area contributed by atoms with Gasteiger partial charge in [0.25, 0.3) is 0 Å². The first-order chi connectivity index (χ1) is 9.93. The van der Waals surface area contributed by atoms with Crippen LogP contribution in [0, 0.1) is 11.7 Å². The van der Waals surface area contributed by atoms with E-state index in [0.717, 1.165) is 0 Å². The van der Waals surface area contributed by atoms with Gasteiger partial charge in [-0.25, -0.2) is 12.8 Å². The molecule has 1 heterocycles. The van der Waals surface area contributed by atoms with Gasteiger partial charge in [0.05, 0.1) is 17.4 Å². The fourth-order valence-corrected chi connectivity index (χ4v) is 4.20. The van der Waals surface area contributed by atoms with E-state index in [0.29, 0.717) is 31.6 Å².